The Labute approximate surface area is 257 Å². The first kappa shape index (κ1) is 29.9. The number of hydrogen-bond donors (Lipinski definition) is 3. The van der Waals surface area contributed by atoms with Crippen molar-refractivity contribution < 1.29 is 33.0 Å². The average molecular weight is 628 g/mol. The Morgan fingerprint density at radius 1 is 1.18 bits per heavy atom. The van der Waals surface area contributed by atoms with Crippen LogP contribution in [-0.4, -0.2) is 89.6 Å². The number of aromatic nitrogens is 3. The summed E-state index contributed by atoms with van der Waals surface area (Å²) in [7, 11) is 0. The molecular formula is C31H36F3N7O4. The van der Waals surface area contributed by atoms with Crippen molar-refractivity contribution in [2.45, 2.75) is 88.4 Å². The topological polar surface area (TPSA) is 141 Å². The summed E-state index contributed by atoms with van der Waals surface area (Å²) in [5.41, 5.74) is 0.419. The van der Waals surface area contributed by atoms with Gasteiger partial charge in [0.25, 0.3) is 11.8 Å². The van der Waals surface area contributed by atoms with E-state index in [2.05, 4.69) is 11.9 Å². The van der Waals surface area contributed by atoms with Crippen LogP contribution in [0.2, 0.25) is 0 Å². The summed E-state index contributed by atoms with van der Waals surface area (Å²) >= 11 is 0. The van der Waals surface area contributed by atoms with E-state index in [1.807, 2.05) is 21.9 Å². The summed E-state index contributed by atoms with van der Waals surface area (Å²) in [5, 5.41) is 26.1. The Balaban J connectivity index is 1.28. The predicted molar refractivity (Wildman–Crippen MR) is 157 cm³/mol. The van der Waals surface area contributed by atoms with Crippen molar-refractivity contribution in [3.05, 3.63) is 47.3 Å². The van der Waals surface area contributed by atoms with Gasteiger partial charge in [-0.05, 0) is 81.5 Å². The molecule has 3 aromatic rings. The van der Waals surface area contributed by atoms with E-state index in [0.29, 0.717) is 48.8 Å². The molecular weight excluding hydrogens is 591 g/mol. The maximum atomic E-state index is 14.1. The fraction of sp³-hybridized carbons (Fsp3) is 0.548. The number of rotatable bonds is 6. The molecule has 4 aliphatic rings. The molecule has 2 atom stereocenters. The summed E-state index contributed by atoms with van der Waals surface area (Å²) in [4.78, 5) is 36.2. The Morgan fingerprint density at radius 3 is 2.56 bits per heavy atom. The Bertz CT molecular complexity index is 1660. The van der Waals surface area contributed by atoms with E-state index in [0.717, 1.165) is 23.4 Å². The molecule has 14 heteroatoms. The van der Waals surface area contributed by atoms with Gasteiger partial charge < -0.3 is 20.0 Å². The molecule has 45 heavy (non-hydrogen) atoms. The van der Waals surface area contributed by atoms with Crippen molar-refractivity contribution in [3.8, 4) is 11.3 Å². The largest absolute Gasteiger partial charge is 0.417 e. The number of fused-ring (bicyclic) bond motifs is 2. The lowest BCUT2D eigenvalue weighted by molar-refractivity contribution is -0.271. The van der Waals surface area contributed by atoms with Crippen LogP contribution in [0.3, 0.4) is 0 Å². The van der Waals surface area contributed by atoms with Gasteiger partial charge in [-0.25, -0.2) is 15.3 Å². The number of aliphatic hydroxyl groups excluding tert-OH is 1. The third-order valence-electron chi connectivity index (χ3n) is 10.1. The summed E-state index contributed by atoms with van der Waals surface area (Å²) in [6.45, 7) is 3.40. The van der Waals surface area contributed by atoms with Crippen molar-refractivity contribution in [2.24, 2.45) is 11.8 Å². The zero-order chi connectivity index (χ0) is 31.8. The number of carbonyl (C=O) groups excluding carboxylic acids is 2. The van der Waals surface area contributed by atoms with Crippen LogP contribution in [0.15, 0.2) is 30.6 Å². The molecule has 0 radical (unpaired) electrons. The minimum Gasteiger partial charge on any atom is -0.391 e. The molecule has 2 aliphatic carbocycles. The number of hydrazine groups is 1. The first-order chi connectivity index (χ1) is 21.4. The lowest BCUT2D eigenvalue weighted by atomic mass is 9.81. The molecule has 3 fully saturated rings. The van der Waals surface area contributed by atoms with E-state index in [-0.39, 0.29) is 41.7 Å². The van der Waals surface area contributed by atoms with Crippen LogP contribution >= 0.6 is 0 Å². The normalized spacial score (nSPS) is 26.1. The minimum atomic E-state index is -4.77. The van der Waals surface area contributed by atoms with Gasteiger partial charge in [0.2, 0.25) is 0 Å². The Kier molecular flexibility index (Phi) is 7.09. The second-order valence-electron chi connectivity index (χ2n) is 13.0. The van der Waals surface area contributed by atoms with E-state index >= 15 is 0 Å². The number of amides is 2. The molecule has 11 nitrogen and oxygen atoms in total. The fourth-order valence-corrected chi connectivity index (χ4v) is 7.19. The van der Waals surface area contributed by atoms with Gasteiger partial charge in [-0.15, -0.1) is 0 Å². The maximum Gasteiger partial charge on any atom is 0.417 e. The zero-order valence-corrected chi connectivity index (χ0v) is 24.9. The summed E-state index contributed by atoms with van der Waals surface area (Å²) in [6.07, 6.45) is -0.810. The highest BCUT2D eigenvalue weighted by atomic mass is 19.4. The van der Waals surface area contributed by atoms with Crippen molar-refractivity contribution in [3.63, 3.8) is 0 Å². The van der Waals surface area contributed by atoms with E-state index in [9.17, 15) is 33.0 Å². The number of alkyl halides is 3. The molecule has 1 saturated heterocycles. The Hall–Kier alpha value is -3.75. The van der Waals surface area contributed by atoms with E-state index in [1.165, 1.54) is 10.7 Å². The van der Waals surface area contributed by atoms with E-state index < -0.39 is 42.7 Å². The lowest BCUT2D eigenvalue weighted by Gasteiger charge is -2.39. The SMILES string of the molecule is C[C@@H](C1CC1)N1Cc2cc(-c3nn4cccnc4c3C(=O)N(N)C3CCC(O)(C(F)(F)F)CC3)cc(N3CC[C@@H](O)C3)c2C1=O. The molecule has 2 aromatic heterocycles. The number of β-amino-alcohol motifs (C(OH)–C–C–N with tert-alkyl or cyclic N) is 1. The van der Waals surface area contributed by atoms with Gasteiger partial charge in [0.1, 0.15) is 11.3 Å². The second-order valence-corrected chi connectivity index (χ2v) is 13.0. The van der Waals surface area contributed by atoms with Gasteiger partial charge in [-0.3, -0.25) is 14.6 Å². The molecule has 7 rings (SSSR count). The highest BCUT2D eigenvalue weighted by Gasteiger charge is 2.55. The maximum absolute atomic E-state index is 14.1. The van der Waals surface area contributed by atoms with Crippen LogP contribution in [0, 0.1) is 5.92 Å². The van der Waals surface area contributed by atoms with Crippen molar-refractivity contribution in [1.82, 2.24) is 24.5 Å². The van der Waals surface area contributed by atoms with Crippen LogP contribution in [0.5, 0.6) is 0 Å². The van der Waals surface area contributed by atoms with Gasteiger partial charge >= 0.3 is 6.18 Å². The molecule has 2 amide bonds. The van der Waals surface area contributed by atoms with Crippen LogP contribution < -0.4 is 10.7 Å². The second kappa shape index (κ2) is 10.7. The first-order valence-corrected chi connectivity index (χ1v) is 15.5. The number of hydrogen-bond acceptors (Lipinski definition) is 8. The summed E-state index contributed by atoms with van der Waals surface area (Å²) in [5.74, 6) is 6.09. The number of nitrogens with zero attached hydrogens (tertiary/aromatic N) is 6. The number of halogens is 3. The molecule has 0 bridgehead atoms. The molecule has 4 heterocycles. The third-order valence-corrected chi connectivity index (χ3v) is 10.1. The average Bonchev–Trinajstić information content (AvgIpc) is 3.53. The Morgan fingerprint density at radius 2 is 1.91 bits per heavy atom. The lowest BCUT2D eigenvalue weighted by Crippen LogP contribution is -2.54. The van der Waals surface area contributed by atoms with E-state index in [1.54, 1.807) is 12.3 Å². The quantitative estimate of drug-likeness (QED) is 0.215. The van der Waals surface area contributed by atoms with Crippen molar-refractivity contribution in [1.29, 1.82) is 0 Å². The summed E-state index contributed by atoms with van der Waals surface area (Å²) in [6, 6.07) is 4.70. The summed E-state index contributed by atoms with van der Waals surface area (Å²) < 4.78 is 41.7. The van der Waals surface area contributed by atoms with Crippen molar-refractivity contribution in [2.75, 3.05) is 18.0 Å². The third kappa shape index (κ3) is 5.03. The monoisotopic (exact) mass is 627 g/mol. The highest BCUT2D eigenvalue weighted by molar-refractivity contribution is 6.08. The van der Waals surface area contributed by atoms with Crippen LogP contribution in [0.1, 0.15) is 78.1 Å². The first-order valence-electron chi connectivity index (χ1n) is 15.5. The molecule has 0 unspecified atom stereocenters. The predicted octanol–water partition coefficient (Wildman–Crippen LogP) is 3.27. The molecule has 2 aliphatic heterocycles. The molecule has 240 valence electrons. The van der Waals surface area contributed by atoms with Crippen LogP contribution in [-0.2, 0) is 6.54 Å². The van der Waals surface area contributed by atoms with Gasteiger partial charge in [0.05, 0.1) is 17.4 Å². The number of anilines is 1. The molecule has 1 aromatic carbocycles. The highest BCUT2D eigenvalue weighted by Crippen LogP contribution is 2.44. The van der Waals surface area contributed by atoms with Crippen LogP contribution in [0.25, 0.3) is 16.9 Å². The standard InChI is InChI=1S/C31H36F3N7O4/c1-17(18-3-4-18)39-15-20-13-19(14-23(24(20)28(39)43)38-12-7-22(42)16-38)26-25(27-36-10-2-11-40(27)37-26)29(44)41(35)21-5-8-30(45,9-6-21)31(32,33)34/h2,10-11,13-14,17-18,21-22,42,45H,3-9,12,15-16,35H2,1H3/t17-,21?,22+,30?/m0/s1. The fourth-order valence-electron chi connectivity index (χ4n) is 7.19. The molecule has 2 saturated carbocycles. The smallest absolute Gasteiger partial charge is 0.391 e. The number of carbonyl (C=O) groups is 2. The molecule has 4 N–H and O–H groups in total. The molecule has 0 spiro atoms. The number of nitrogens with two attached hydrogens (primary N) is 1. The van der Waals surface area contributed by atoms with Gasteiger partial charge in [0, 0.05) is 49.7 Å². The van der Waals surface area contributed by atoms with Crippen LogP contribution in [0.4, 0.5) is 18.9 Å². The van der Waals surface area contributed by atoms with E-state index in [4.69, 9.17) is 10.9 Å². The number of benzene rings is 1. The van der Waals surface area contributed by atoms with Gasteiger partial charge in [0.15, 0.2) is 11.2 Å². The minimum absolute atomic E-state index is 0.0513. The zero-order valence-electron chi connectivity index (χ0n) is 24.9. The van der Waals surface area contributed by atoms with Crippen molar-refractivity contribution >= 4 is 23.1 Å². The number of aliphatic hydroxyl groups is 2. The van der Waals surface area contributed by atoms with Gasteiger partial charge in [-0.2, -0.15) is 18.3 Å². The van der Waals surface area contributed by atoms with Gasteiger partial charge in [-0.1, -0.05) is 0 Å².